The molecular formula is C12H21BrN6. The molecule has 2 aliphatic rings. The van der Waals surface area contributed by atoms with Crippen LogP contribution in [0.25, 0.3) is 0 Å². The minimum atomic E-state index is 0.117. The molecule has 3 rings (SSSR count). The van der Waals surface area contributed by atoms with Crippen molar-refractivity contribution in [1.82, 2.24) is 25.3 Å². The van der Waals surface area contributed by atoms with Crippen LogP contribution in [0.3, 0.4) is 0 Å². The van der Waals surface area contributed by atoms with E-state index >= 15 is 0 Å². The van der Waals surface area contributed by atoms with Crippen LogP contribution in [0.5, 0.6) is 0 Å². The number of aromatic nitrogens is 3. The molecule has 2 fully saturated rings. The molecule has 3 heterocycles. The minimum absolute atomic E-state index is 0.117. The van der Waals surface area contributed by atoms with Crippen LogP contribution in [0, 0.1) is 5.92 Å². The second-order valence-corrected chi connectivity index (χ2v) is 6.57. The number of hydrogen-bond donors (Lipinski definition) is 2. The first-order valence-corrected chi connectivity index (χ1v) is 7.64. The molecule has 0 saturated carbocycles. The zero-order valence-corrected chi connectivity index (χ0v) is 13.0. The van der Waals surface area contributed by atoms with E-state index in [0.717, 1.165) is 10.3 Å². The van der Waals surface area contributed by atoms with E-state index in [1.165, 1.54) is 25.7 Å². The number of rotatable bonds is 3. The standard InChI is InChI=1S/C12H21BrN6/c1-18-8-3-4-9(18)6-7(5-8)10(15-14)11-12(13)16-17-19(11)2/h7-10,15H,3-6,14H2,1-2H3. The van der Waals surface area contributed by atoms with E-state index in [1.54, 1.807) is 0 Å². The highest BCUT2D eigenvalue weighted by Crippen LogP contribution is 2.42. The molecule has 7 heteroatoms. The summed E-state index contributed by atoms with van der Waals surface area (Å²) < 4.78 is 2.61. The van der Waals surface area contributed by atoms with Gasteiger partial charge < -0.3 is 4.90 Å². The zero-order valence-electron chi connectivity index (χ0n) is 11.4. The summed E-state index contributed by atoms with van der Waals surface area (Å²) in [5, 5.41) is 8.13. The summed E-state index contributed by atoms with van der Waals surface area (Å²) in [5.74, 6) is 6.37. The van der Waals surface area contributed by atoms with Crippen LogP contribution in [0.15, 0.2) is 4.60 Å². The number of hydrogen-bond acceptors (Lipinski definition) is 5. The van der Waals surface area contributed by atoms with Crippen molar-refractivity contribution in [1.29, 1.82) is 0 Å². The Hall–Kier alpha value is -0.500. The van der Waals surface area contributed by atoms with E-state index < -0.39 is 0 Å². The van der Waals surface area contributed by atoms with Gasteiger partial charge in [0.15, 0.2) is 4.60 Å². The average molecular weight is 329 g/mol. The zero-order chi connectivity index (χ0) is 13.6. The Kier molecular flexibility index (Phi) is 3.63. The number of hydrazine groups is 1. The predicted molar refractivity (Wildman–Crippen MR) is 76.1 cm³/mol. The van der Waals surface area contributed by atoms with Gasteiger partial charge in [-0.05, 0) is 54.6 Å². The molecule has 106 valence electrons. The van der Waals surface area contributed by atoms with Crippen molar-refractivity contribution in [3.63, 3.8) is 0 Å². The van der Waals surface area contributed by atoms with Crippen LogP contribution >= 0.6 is 15.9 Å². The highest BCUT2D eigenvalue weighted by Gasteiger charge is 2.42. The van der Waals surface area contributed by atoms with Crippen molar-refractivity contribution in [3.8, 4) is 0 Å². The van der Waals surface area contributed by atoms with E-state index in [9.17, 15) is 0 Å². The fourth-order valence-corrected chi connectivity index (χ4v) is 4.41. The van der Waals surface area contributed by atoms with Crippen LogP contribution in [0.2, 0.25) is 0 Å². The second-order valence-electron chi connectivity index (χ2n) is 5.82. The lowest BCUT2D eigenvalue weighted by molar-refractivity contribution is 0.110. The number of nitrogens with one attached hydrogen (secondary N) is 1. The maximum absolute atomic E-state index is 5.83. The van der Waals surface area contributed by atoms with Crippen LogP contribution in [0.1, 0.15) is 37.4 Å². The Morgan fingerprint density at radius 1 is 1.32 bits per heavy atom. The lowest BCUT2D eigenvalue weighted by Crippen LogP contribution is -2.45. The smallest absolute Gasteiger partial charge is 0.153 e. The van der Waals surface area contributed by atoms with Gasteiger partial charge in [0.2, 0.25) is 0 Å². The lowest BCUT2D eigenvalue weighted by atomic mass is 9.84. The first kappa shape index (κ1) is 13.5. The molecule has 0 aliphatic carbocycles. The van der Waals surface area contributed by atoms with Crippen LogP contribution in [-0.4, -0.2) is 39.0 Å². The molecule has 3 unspecified atom stereocenters. The lowest BCUT2D eigenvalue weighted by Gasteiger charge is -2.39. The largest absolute Gasteiger partial charge is 0.300 e. The molecule has 1 aromatic heterocycles. The minimum Gasteiger partial charge on any atom is -0.300 e. The molecule has 6 nitrogen and oxygen atoms in total. The van der Waals surface area contributed by atoms with Gasteiger partial charge >= 0.3 is 0 Å². The number of fused-ring (bicyclic) bond motifs is 2. The molecule has 1 aromatic rings. The summed E-state index contributed by atoms with van der Waals surface area (Å²) in [6, 6.07) is 1.53. The van der Waals surface area contributed by atoms with Gasteiger partial charge in [0.1, 0.15) is 0 Å². The Morgan fingerprint density at radius 3 is 2.42 bits per heavy atom. The van der Waals surface area contributed by atoms with Gasteiger partial charge in [-0.2, -0.15) is 0 Å². The topological polar surface area (TPSA) is 72.0 Å². The Labute approximate surface area is 121 Å². The Balaban J connectivity index is 1.84. The maximum Gasteiger partial charge on any atom is 0.153 e. The number of halogens is 1. The molecular weight excluding hydrogens is 308 g/mol. The van der Waals surface area contributed by atoms with Crippen LogP contribution < -0.4 is 11.3 Å². The maximum atomic E-state index is 5.83. The molecule has 3 N–H and O–H groups in total. The summed E-state index contributed by atoms with van der Waals surface area (Å²) in [7, 11) is 4.17. The van der Waals surface area contributed by atoms with E-state index in [2.05, 4.69) is 43.6 Å². The van der Waals surface area contributed by atoms with E-state index in [4.69, 9.17) is 5.84 Å². The summed E-state index contributed by atoms with van der Waals surface area (Å²) in [6.07, 6.45) is 5.03. The summed E-state index contributed by atoms with van der Waals surface area (Å²) in [4.78, 5) is 2.54. The number of aryl methyl sites for hydroxylation is 1. The molecule has 0 spiro atoms. The molecule has 2 aliphatic heterocycles. The monoisotopic (exact) mass is 328 g/mol. The fraction of sp³-hybridized carbons (Fsp3) is 0.833. The number of nitrogens with two attached hydrogens (primary N) is 1. The second kappa shape index (κ2) is 5.12. The highest BCUT2D eigenvalue weighted by molar-refractivity contribution is 9.10. The van der Waals surface area contributed by atoms with Gasteiger partial charge in [-0.1, -0.05) is 5.21 Å². The molecule has 3 atom stereocenters. The van der Waals surface area contributed by atoms with Gasteiger partial charge in [-0.15, -0.1) is 5.10 Å². The number of piperidine rings is 1. The molecule has 19 heavy (non-hydrogen) atoms. The third-order valence-electron chi connectivity index (χ3n) is 4.91. The Morgan fingerprint density at radius 2 is 1.95 bits per heavy atom. The van der Waals surface area contributed by atoms with E-state index in [0.29, 0.717) is 18.0 Å². The van der Waals surface area contributed by atoms with Crippen LogP contribution in [-0.2, 0) is 7.05 Å². The molecule has 2 saturated heterocycles. The van der Waals surface area contributed by atoms with Gasteiger partial charge in [0, 0.05) is 19.1 Å². The van der Waals surface area contributed by atoms with Gasteiger partial charge in [0.05, 0.1) is 11.7 Å². The van der Waals surface area contributed by atoms with Crippen molar-refractivity contribution in [2.75, 3.05) is 7.05 Å². The average Bonchev–Trinajstić information content (AvgIpc) is 2.81. The van der Waals surface area contributed by atoms with Gasteiger partial charge in [-0.3, -0.25) is 11.3 Å². The van der Waals surface area contributed by atoms with Gasteiger partial charge in [-0.25, -0.2) is 4.68 Å². The first-order valence-electron chi connectivity index (χ1n) is 6.85. The summed E-state index contributed by atoms with van der Waals surface area (Å²) in [5.41, 5.74) is 4.04. The Bertz CT molecular complexity index is 428. The normalized spacial score (nSPS) is 32.7. The van der Waals surface area contributed by atoms with Crippen molar-refractivity contribution in [2.45, 2.75) is 43.8 Å². The molecule has 2 bridgehead atoms. The first-order chi connectivity index (χ1) is 9.11. The fourth-order valence-electron chi connectivity index (χ4n) is 3.83. The highest BCUT2D eigenvalue weighted by atomic mass is 79.9. The SMILES string of the molecule is CN1C2CCC1CC(C(NN)c1c(Br)nnn1C)C2. The van der Waals surface area contributed by atoms with Crippen molar-refractivity contribution >= 4 is 15.9 Å². The summed E-state index contributed by atoms with van der Waals surface area (Å²) >= 11 is 3.48. The summed E-state index contributed by atoms with van der Waals surface area (Å²) in [6.45, 7) is 0. The number of nitrogens with zero attached hydrogens (tertiary/aromatic N) is 4. The quantitative estimate of drug-likeness (QED) is 0.638. The molecule has 0 radical (unpaired) electrons. The third kappa shape index (κ3) is 2.22. The predicted octanol–water partition coefficient (Wildman–Crippen LogP) is 0.955. The molecule has 0 aromatic carbocycles. The van der Waals surface area contributed by atoms with Crippen molar-refractivity contribution in [3.05, 3.63) is 10.3 Å². The molecule has 0 amide bonds. The van der Waals surface area contributed by atoms with E-state index in [-0.39, 0.29) is 6.04 Å². The van der Waals surface area contributed by atoms with Crippen molar-refractivity contribution in [2.24, 2.45) is 18.8 Å². The third-order valence-corrected chi connectivity index (χ3v) is 5.47. The van der Waals surface area contributed by atoms with Crippen LogP contribution in [0.4, 0.5) is 0 Å². The van der Waals surface area contributed by atoms with E-state index in [1.807, 2.05) is 11.7 Å². The van der Waals surface area contributed by atoms with Gasteiger partial charge in [0.25, 0.3) is 0 Å². The van der Waals surface area contributed by atoms with Crippen molar-refractivity contribution < 1.29 is 0 Å².